The van der Waals surface area contributed by atoms with Gasteiger partial charge in [0.1, 0.15) is 0 Å². The van der Waals surface area contributed by atoms with E-state index in [1.807, 2.05) is 13.8 Å². The van der Waals surface area contributed by atoms with Gasteiger partial charge in [0.05, 0.1) is 12.5 Å². The topological polar surface area (TPSA) is 66.8 Å². The second-order valence-corrected chi connectivity index (χ2v) is 4.59. The lowest BCUT2D eigenvalue weighted by Gasteiger charge is -2.30. The number of ether oxygens (including phenoxy) is 1. The molecule has 5 heteroatoms. The quantitative estimate of drug-likeness (QED) is 0.797. The van der Waals surface area contributed by atoms with E-state index in [1.54, 1.807) is 0 Å². The molecule has 0 aromatic rings. The summed E-state index contributed by atoms with van der Waals surface area (Å²) in [5.74, 6) is -0.981. The lowest BCUT2D eigenvalue weighted by molar-refractivity contribution is -0.143. The standard InChI is InChI=1S/C11H19NO4/c1-8(2)7-16-11(15)12-5-3-4-9(6-12)10(13)14/h8-9H,3-7H2,1-2H3,(H,13,14)/t9-/m1/s1. The van der Waals surface area contributed by atoms with Crippen molar-refractivity contribution in [2.75, 3.05) is 19.7 Å². The highest BCUT2D eigenvalue weighted by Crippen LogP contribution is 2.17. The third-order valence-corrected chi connectivity index (χ3v) is 2.57. The minimum Gasteiger partial charge on any atom is -0.481 e. The predicted octanol–water partition coefficient (Wildman–Crippen LogP) is 1.58. The third kappa shape index (κ3) is 3.72. The zero-order valence-corrected chi connectivity index (χ0v) is 9.81. The fourth-order valence-electron chi connectivity index (χ4n) is 1.67. The van der Waals surface area contributed by atoms with Crippen molar-refractivity contribution < 1.29 is 19.4 Å². The number of carboxylic acids is 1. The summed E-state index contributed by atoms with van der Waals surface area (Å²) >= 11 is 0. The van der Waals surface area contributed by atoms with Crippen molar-refractivity contribution in [2.24, 2.45) is 11.8 Å². The van der Waals surface area contributed by atoms with Crippen molar-refractivity contribution in [1.82, 2.24) is 4.90 Å². The van der Waals surface area contributed by atoms with Gasteiger partial charge in [0, 0.05) is 13.1 Å². The van der Waals surface area contributed by atoms with Crippen LogP contribution in [0.25, 0.3) is 0 Å². The van der Waals surface area contributed by atoms with Gasteiger partial charge in [-0.25, -0.2) is 4.79 Å². The number of piperidine rings is 1. The molecule has 16 heavy (non-hydrogen) atoms. The van der Waals surface area contributed by atoms with Gasteiger partial charge in [-0.15, -0.1) is 0 Å². The number of carbonyl (C=O) groups is 2. The Balaban J connectivity index is 2.41. The summed E-state index contributed by atoms with van der Waals surface area (Å²) < 4.78 is 5.07. The van der Waals surface area contributed by atoms with Crippen molar-refractivity contribution in [3.63, 3.8) is 0 Å². The third-order valence-electron chi connectivity index (χ3n) is 2.57. The van der Waals surface area contributed by atoms with E-state index in [2.05, 4.69) is 0 Å². The summed E-state index contributed by atoms with van der Waals surface area (Å²) in [4.78, 5) is 23.9. The number of rotatable bonds is 3. The average Bonchev–Trinajstić information content (AvgIpc) is 2.26. The molecule has 5 nitrogen and oxygen atoms in total. The van der Waals surface area contributed by atoms with E-state index in [0.717, 1.165) is 6.42 Å². The Morgan fingerprint density at radius 2 is 2.19 bits per heavy atom. The molecule has 0 saturated carbocycles. The van der Waals surface area contributed by atoms with Crippen LogP contribution in [0.2, 0.25) is 0 Å². The van der Waals surface area contributed by atoms with E-state index in [0.29, 0.717) is 25.5 Å². The normalized spacial score (nSPS) is 20.9. The largest absolute Gasteiger partial charge is 0.481 e. The first-order chi connectivity index (χ1) is 7.50. The summed E-state index contributed by atoms with van der Waals surface area (Å²) in [7, 11) is 0. The zero-order valence-electron chi connectivity index (χ0n) is 9.81. The smallest absolute Gasteiger partial charge is 0.409 e. The Bertz CT molecular complexity index is 265. The summed E-state index contributed by atoms with van der Waals surface area (Å²) in [5.41, 5.74) is 0. The van der Waals surface area contributed by atoms with Crippen LogP contribution in [0.1, 0.15) is 26.7 Å². The highest BCUT2D eigenvalue weighted by Gasteiger charge is 2.28. The van der Waals surface area contributed by atoms with Gasteiger partial charge in [0.25, 0.3) is 0 Å². The second-order valence-electron chi connectivity index (χ2n) is 4.59. The highest BCUT2D eigenvalue weighted by atomic mass is 16.6. The van der Waals surface area contributed by atoms with E-state index < -0.39 is 11.9 Å². The summed E-state index contributed by atoms with van der Waals surface area (Å²) in [6.07, 6.45) is 0.983. The van der Waals surface area contributed by atoms with Crippen molar-refractivity contribution in [3.8, 4) is 0 Å². The monoisotopic (exact) mass is 229 g/mol. The van der Waals surface area contributed by atoms with Crippen LogP contribution in [0.4, 0.5) is 4.79 Å². The van der Waals surface area contributed by atoms with E-state index in [-0.39, 0.29) is 12.6 Å². The average molecular weight is 229 g/mol. The molecule has 92 valence electrons. The fourth-order valence-corrected chi connectivity index (χ4v) is 1.67. The second kappa shape index (κ2) is 5.72. The molecule has 1 heterocycles. The summed E-state index contributed by atoms with van der Waals surface area (Å²) in [5, 5.41) is 8.88. The van der Waals surface area contributed by atoms with E-state index in [1.165, 1.54) is 4.90 Å². The van der Waals surface area contributed by atoms with E-state index in [4.69, 9.17) is 9.84 Å². The molecule has 0 spiro atoms. The first-order valence-corrected chi connectivity index (χ1v) is 5.65. The Kier molecular flexibility index (Phi) is 4.58. The Labute approximate surface area is 95.4 Å². The van der Waals surface area contributed by atoms with Crippen LogP contribution in [0.15, 0.2) is 0 Å². The van der Waals surface area contributed by atoms with Crippen LogP contribution in [0.3, 0.4) is 0 Å². The molecule has 1 saturated heterocycles. The molecule has 1 fully saturated rings. The number of likely N-dealkylation sites (tertiary alicyclic amines) is 1. The minimum atomic E-state index is -0.832. The zero-order chi connectivity index (χ0) is 12.1. The molecule has 0 bridgehead atoms. The number of nitrogens with zero attached hydrogens (tertiary/aromatic N) is 1. The SMILES string of the molecule is CC(C)COC(=O)N1CCC[C@@H](C(=O)O)C1. The Morgan fingerprint density at radius 3 is 2.75 bits per heavy atom. The van der Waals surface area contributed by atoms with Crippen LogP contribution in [0.5, 0.6) is 0 Å². The van der Waals surface area contributed by atoms with Crippen molar-refractivity contribution in [3.05, 3.63) is 0 Å². The molecule has 1 aliphatic rings. The van der Waals surface area contributed by atoms with Crippen LogP contribution in [0, 0.1) is 11.8 Å². The van der Waals surface area contributed by atoms with Gasteiger partial charge >= 0.3 is 12.1 Å². The highest BCUT2D eigenvalue weighted by molar-refractivity contribution is 5.73. The number of carbonyl (C=O) groups excluding carboxylic acids is 1. The van der Waals surface area contributed by atoms with Crippen molar-refractivity contribution in [2.45, 2.75) is 26.7 Å². The molecule has 1 atom stereocenters. The van der Waals surface area contributed by atoms with Crippen molar-refractivity contribution >= 4 is 12.1 Å². The molecule has 0 radical (unpaired) electrons. The van der Waals surface area contributed by atoms with E-state index in [9.17, 15) is 9.59 Å². The molecular formula is C11H19NO4. The van der Waals surface area contributed by atoms with Crippen LogP contribution in [-0.4, -0.2) is 41.8 Å². The number of hydrogen-bond acceptors (Lipinski definition) is 3. The van der Waals surface area contributed by atoms with Gasteiger partial charge in [-0.1, -0.05) is 13.8 Å². The number of hydrogen-bond donors (Lipinski definition) is 1. The van der Waals surface area contributed by atoms with E-state index >= 15 is 0 Å². The molecule has 1 N–H and O–H groups in total. The van der Waals surface area contributed by atoms with Crippen LogP contribution < -0.4 is 0 Å². The van der Waals surface area contributed by atoms with Crippen LogP contribution in [-0.2, 0) is 9.53 Å². The maximum absolute atomic E-state index is 11.6. The minimum absolute atomic E-state index is 0.270. The van der Waals surface area contributed by atoms with Gasteiger partial charge in [0.2, 0.25) is 0 Å². The maximum Gasteiger partial charge on any atom is 0.409 e. The molecule has 1 aliphatic heterocycles. The first kappa shape index (κ1) is 12.8. The van der Waals surface area contributed by atoms with Gasteiger partial charge < -0.3 is 14.7 Å². The van der Waals surface area contributed by atoms with Gasteiger partial charge in [-0.05, 0) is 18.8 Å². The molecule has 0 aliphatic carbocycles. The summed E-state index contributed by atoms with van der Waals surface area (Å²) in [6.45, 7) is 5.17. The molecule has 1 amide bonds. The first-order valence-electron chi connectivity index (χ1n) is 5.65. The number of carboxylic acid groups (broad SMARTS) is 1. The summed E-state index contributed by atoms with van der Waals surface area (Å²) in [6, 6.07) is 0. The molecule has 0 unspecified atom stereocenters. The maximum atomic E-state index is 11.6. The number of amides is 1. The van der Waals surface area contributed by atoms with Crippen LogP contribution >= 0.6 is 0 Å². The fraction of sp³-hybridized carbons (Fsp3) is 0.818. The predicted molar refractivity (Wildman–Crippen MR) is 58.1 cm³/mol. The Morgan fingerprint density at radius 1 is 1.50 bits per heavy atom. The molecule has 1 rings (SSSR count). The lowest BCUT2D eigenvalue weighted by Crippen LogP contribution is -2.42. The molecule has 0 aromatic carbocycles. The van der Waals surface area contributed by atoms with Gasteiger partial charge in [-0.2, -0.15) is 0 Å². The van der Waals surface area contributed by atoms with Crippen molar-refractivity contribution in [1.29, 1.82) is 0 Å². The lowest BCUT2D eigenvalue weighted by atomic mass is 9.99. The number of aliphatic carboxylic acids is 1. The molecular weight excluding hydrogens is 210 g/mol. The van der Waals surface area contributed by atoms with Gasteiger partial charge in [0.15, 0.2) is 0 Å². The Hall–Kier alpha value is -1.26. The molecule has 0 aromatic heterocycles. The van der Waals surface area contributed by atoms with Gasteiger partial charge in [-0.3, -0.25) is 4.79 Å².